The molecule has 2 aromatic carbocycles. The van der Waals surface area contributed by atoms with E-state index in [0.29, 0.717) is 11.3 Å². The number of hydrogen-bond donors (Lipinski definition) is 3. The number of carbonyl (C=O) groups is 4. The molecule has 2 aromatic rings. The standard InChI is InChI=1S/C22H23N3O5/c26-19(12-15-6-2-1-3-7-15)23-13-21(28)30-14-20(27)25-18-9-5-4-8-17(18)22(29)24-16-10-11-16/h1-9,16H,10-14H2,(H,23,26)(H,24,29)(H,25,27). The highest BCUT2D eigenvalue weighted by Crippen LogP contribution is 2.21. The number of carbonyl (C=O) groups excluding carboxylic acids is 4. The number of benzene rings is 2. The van der Waals surface area contributed by atoms with Crippen molar-refractivity contribution in [2.24, 2.45) is 0 Å². The number of ether oxygens (including phenoxy) is 1. The topological polar surface area (TPSA) is 114 Å². The summed E-state index contributed by atoms with van der Waals surface area (Å²) in [5.74, 6) is -1.89. The van der Waals surface area contributed by atoms with Crippen LogP contribution in [-0.4, -0.2) is 42.9 Å². The molecule has 0 radical (unpaired) electrons. The third-order valence-corrected chi connectivity index (χ3v) is 4.36. The van der Waals surface area contributed by atoms with Crippen LogP contribution in [0.5, 0.6) is 0 Å². The monoisotopic (exact) mass is 409 g/mol. The molecular weight excluding hydrogens is 386 g/mol. The molecule has 30 heavy (non-hydrogen) atoms. The molecule has 0 atom stereocenters. The average molecular weight is 409 g/mol. The minimum absolute atomic E-state index is 0.147. The smallest absolute Gasteiger partial charge is 0.325 e. The molecule has 8 nitrogen and oxygen atoms in total. The predicted octanol–water partition coefficient (Wildman–Crippen LogP) is 1.42. The van der Waals surface area contributed by atoms with Gasteiger partial charge in [0.25, 0.3) is 11.8 Å². The molecule has 156 valence electrons. The maximum absolute atomic E-state index is 12.3. The van der Waals surface area contributed by atoms with Gasteiger partial charge in [-0.2, -0.15) is 0 Å². The Morgan fingerprint density at radius 2 is 1.60 bits per heavy atom. The summed E-state index contributed by atoms with van der Waals surface area (Å²) in [6.45, 7) is -0.856. The highest BCUT2D eigenvalue weighted by molar-refractivity contribution is 6.04. The molecule has 1 saturated carbocycles. The quantitative estimate of drug-likeness (QED) is 0.542. The molecular formula is C22H23N3O5. The summed E-state index contributed by atoms with van der Waals surface area (Å²) in [5, 5.41) is 7.89. The van der Waals surface area contributed by atoms with Gasteiger partial charge in [-0.05, 0) is 30.5 Å². The minimum atomic E-state index is -0.730. The summed E-state index contributed by atoms with van der Waals surface area (Å²) < 4.78 is 4.89. The van der Waals surface area contributed by atoms with Crippen LogP contribution in [0.2, 0.25) is 0 Å². The molecule has 0 aliphatic heterocycles. The van der Waals surface area contributed by atoms with Crippen molar-refractivity contribution in [3.8, 4) is 0 Å². The van der Waals surface area contributed by atoms with Gasteiger partial charge in [-0.15, -0.1) is 0 Å². The molecule has 0 aromatic heterocycles. The molecule has 0 spiro atoms. The lowest BCUT2D eigenvalue weighted by atomic mass is 10.1. The summed E-state index contributed by atoms with van der Waals surface area (Å²) in [7, 11) is 0. The lowest BCUT2D eigenvalue weighted by Crippen LogP contribution is -2.33. The van der Waals surface area contributed by atoms with Crippen molar-refractivity contribution in [1.82, 2.24) is 10.6 Å². The summed E-state index contributed by atoms with van der Waals surface area (Å²) in [6, 6.07) is 15.9. The van der Waals surface area contributed by atoms with Crippen LogP contribution in [0.15, 0.2) is 54.6 Å². The number of para-hydroxylation sites is 1. The number of nitrogens with one attached hydrogen (secondary N) is 3. The molecule has 1 aliphatic carbocycles. The molecule has 8 heteroatoms. The fourth-order valence-electron chi connectivity index (χ4n) is 2.68. The van der Waals surface area contributed by atoms with E-state index in [1.807, 2.05) is 30.3 Å². The number of esters is 1. The largest absolute Gasteiger partial charge is 0.454 e. The van der Waals surface area contributed by atoms with E-state index in [1.165, 1.54) is 0 Å². The molecule has 3 rings (SSSR count). The third-order valence-electron chi connectivity index (χ3n) is 4.36. The van der Waals surface area contributed by atoms with E-state index in [0.717, 1.165) is 18.4 Å². The lowest BCUT2D eigenvalue weighted by Gasteiger charge is -2.11. The Labute approximate surface area is 174 Å². The van der Waals surface area contributed by atoms with Crippen molar-refractivity contribution in [3.05, 3.63) is 65.7 Å². The number of anilines is 1. The van der Waals surface area contributed by atoms with Gasteiger partial charge in [0.15, 0.2) is 6.61 Å². The van der Waals surface area contributed by atoms with Gasteiger partial charge in [0.2, 0.25) is 5.91 Å². The van der Waals surface area contributed by atoms with Gasteiger partial charge >= 0.3 is 5.97 Å². The third kappa shape index (κ3) is 6.73. The van der Waals surface area contributed by atoms with Gasteiger partial charge in [-0.1, -0.05) is 42.5 Å². The molecule has 0 saturated heterocycles. The Hall–Kier alpha value is -3.68. The normalized spacial score (nSPS) is 12.5. The van der Waals surface area contributed by atoms with Crippen LogP contribution < -0.4 is 16.0 Å². The molecule has 0 unspecified atom stereocenters. The van der Waals surface area contributed by atoms with Gasteiger partial charge in [-0.25, -0.2) is 0 Å². The Morgan fingerprint density at radius 3 is 2.33 bits per heavy atom. The molecule has 1 aliphatic rings. The fraction of sp³-hybridized carbons (Fsp3) is 0.273. The van der Waals surface area contributed by atoms with Gasteiger partial charge in [0, 0.05) is 6.04 Å². The first-order valence-electron chi connectivity index (χ1n) is 9.67. The highest BCUT2D eigenvalue weighted by atomic mass is 16.5. The minimum Gasteiger partial charge on any atom is -0.454 e. The molecule has 1 fully saturated rings. The zero-order valence-corrected chi connectivity index (χ0v) is 16.4. The van der Waals surface area contributed by atoms with Crippen molar-refractivity contribution in [2.75, 3.05) is 18.5 Å². The van der Waals surface area contributed by atoms with E-state index in [4.69, 9.17) is 4.74 Å². The Kier molecular flexibility index (Phi) is 7.15. The zero-order chi connectivity index (χ0) is 21.3. The Bertz CT molecular complexity index is 925. The predicted molar refractivity (Wildman–Crippen MR) is 110 cm³/mol. The second kappa shape index (κ2) is 10.2. The van der Waals surface area contributed by atoms with Crippen LogP contribution >= 0.6 is 0 Å². The van der Waals surface area contributed by atoms with E-state index < -0.39 is 18.5 Å². The van der Waals surface area contributed by atoms with Gasteiger partial charge in [0.05, 0.1) is 17.7 Å². The molecule has 0 bridgehead atoms. The molecule has 3 N–H and O–H groups in total. The number of rotatable bonds is 9. The SMILES string of the molecule is O=C(Cc1ccccc1)NCC(=O)OCC(=O)Nc1ccccc1C(=O)NC1CC1. The Morgan fingerprint density at radius 1 is 0.900 bits per heavy atom. The maximum Gasteiger partial charge on any atom is 0.325 e. The van der Waals surface area contributed by atoms with Gasteiger partial charge < -0.3 is 20.7 Å². The summed E-state index contributed by atoms with van der Waals surface area (Å²) >= 11 is 0. The van der Waals surface area contributed by atoms with Crippen LogP contribution in [0, 0.1) is 0 Å². The number of hydrogen-bond acceptors (Lipinski definition) is 5. The molecule has 3 amide bonds. The fourth-order valence-corrected chi connectivity index (χ4v) is 2.68. The first-order chi connectivity index (χ1) is 14.5. The van der Waals surface area contributed by atoms with Crippen LogP contribution in [0.25, 0.3) is 0 Å². The van der Waals surface area contributed by atoms with E-state index in [1.54, 1.807) is 24.3 Å². The maximum atomic E-state index is 12.3. The van der Waals surface area contributed by atoms with Gasteiger partial charge in [-0.3, -0.25) is 19.2 Å². The van der Waals surface area contributed by atoms with Gasteiger partial charge in [0.1, 0.15) is 6.54 Å². The highest BCUT2D eigenvalue weighted by Gasteiger charge is 2.25. The summed E-state index contributed by atoms with van der Waals surface area (Å²) in [5.41, 5.74) is 1.51. The summed E-state index contributed by atoms with van der Waals surface area (Å²) in [4.78, 5) is 48.0. The second-order valence-electron chi connectivity index (χ2n) is 6.94. The Balaban J connectivity index is 1.40. The van der Waals surface area contributed by atoms with E-state index in [-0.39, 0.29) is 30.8 Å². The van der Waals surface area contributed by atoms with E-state index >= 15 is 0 Å². The van der Waals surface area contributed by atoms with E-state index in [9.17, 15) is 19.2 Å². The van der Waals surface area contributed by atoms with Crippen molar-refractivity contribution in [1.29, 1.82) is 0 Å². The average Bonchev–Trinajstić information content (AvgIpc) is 3.56. The second-order valence-corrected chi connectivity index (χ2v) is 6.94. The lowest BCUT2D eigenvalue weighted by molar-refractivity contribution is -0.147. The van der Waals surface area contributed by atoms with Crippen molar-refractivity contribution < 1.29 is 23.9 Å². The van der Waals surface area contributed by atoms with Crippen LogP contribution in [-0.2, 0) is 25.5 Å². The van der Waals surface area contributed by atoms with Crippen LogP contribution in [0.1, 0.15) is 28.8 Å². The first kappa shape index (κ1) is 21.0. The van der Waals surface area contributed by atoms with Crippen LogP contribution in [0.3, 0.4) is 0 Å². The first-order valence-corrected chi connectivity index (χ1v) is 9.67. The van der Waals surface area contributed by atoms with Crippen molar-refractivity contribution in [2.45, 2.75) is 25.3 Å². The van der Waals surface area contributed by atoms with Crippen LogP contribution in [0.4, 0.5) is 5.69 Å². The van der Waals surface area contributed by atoms with E-state index in [2.05, 4.69) is 16.0 Å². The summed E-state index contributed by atoms with van der Waals surface area (Å²) in [6.07, 6.45) is 2.06. The van der Waals surface area contributed by atoms with Crippen molar-refractivity contribution >= 4 is 29.4 Å². The molecule has 0 heterocycles. The van der Waals surface area contributed by atoms with Crippen molar-refractivity contribution in [3.63, 3.8) is 0 Å². The zero-order valence-electron chi connectivity index (χ0n) is 16.4. The number of amides is 3.